The van der Waals surface area contributed by atoms with E-state index in [1.165, 1.54) is 43.1 Å². The molecule has 3 aromatic rings. The van der Waals surface area contributed by atoms with E-state index in [9.17, 15) is 9.59 Å². The highest BCUT2D eigenvalue weighted by Crippen LogP contribution is 2.27. The van der Waals surface area contributed by atoms with Gasteiger partial charge in [-0.05, 0) is 43.1 Å². The molecule has 2 aromatic heterocycles. The summed E-state index contributed by atoms with van der Waals surface area (Å²) in [6.07, 6.45) is 11.8. The van der Waals surface area contributed by atoms with E-state index in [2.05, 4.69) is 4.98 Å². The second-order valence-corrected chi connectivity index (χ2v) is 10.0. The highest BCUT2D eigenvalue weighted by molar-refractivity contribution is 5.85. The summed E-state index contributed by atoms with van der Waals surface area (Å²) in [5.74, 6) is 1.48. The van der Waals surface area contributed by atoms with Gasteiger partial charge in [0.05, 0.1) is 0 Å². The average Bonchev–Trinajstić information content (AvgIpc) is 3.31. The second kappa shape index (κ2) is 10.9. The number of nitrogens with zero attached hydrogens (tertiary/aromatic N) is 3. The van der Waals surface area contributed by atoms with Gasteiger partial charge in [-0.1, -0.05) is 62.8 Å². The lowest BCUT2D eigenvalue weighted by atomic mass is 9.89. The Morgan fingerprint density at radius 1 is 0.853 bits per heavy atom. The predicted molar refractivity (Wildman–Crippen MR) is 138 cm³/mol. The zero-order valence-electron chi connectivity index (χ0n) is 19.8. The van der Waals surface area contributed by atoms with Crippen LogP contribution < -0.4 is 17.0 Å². The van der Waals surface area contributed by atoms with Crippen molar-refractivity contribution >= 4 is 23.6 Å². The van der Waals surface area contributed by atoms with E-state index in [0.717, 1.165) is 36.8 Å². The van der Waals surface area contributed by atoms with Gasteiger partial charge in [0.25, 0.3) is 5.56 Å². The molecule has 3 N–H and O–H groups in total. The first-order valence-corrected chi connectivity index (χ1v) is 12.7. The lowest BCUT2D eigenvalue weighted by Gasteiger charge is -2.24. The Morgan fingerprint density at radius 2 is 1.41 bits per heavy atom. The molecule has 0 radical (unpaired) electrons. The Hall–Kier alpha value is -2.38. The van der Waals surface area contributed by atoms with Gasteiger partial charge < -0.3 is 10.7 Å². The fourth-order valence-electron chi connectivity index (χ4n) is 5.68. The molecule has 2 saturated carbocycles. The minimum Gasteiger partial charge on any atom is -0.332 e. The number of hydrogen-bond acceptors (Lipinski definition) is 4. The van der Waals surface area contributed by atoms with Crippen molar-refractivity contribution in [3.8, 4) is 11.4 Å². The van der Waals surface area contributed by atoms with E-state index < -0.39 is 0 Å². The van der Waals surface area contributed by atoms with Gasteiger partial charge in [0.2, 0.25) is 0 Å². The monoisotopic (exact) mass is 485 g/mol. The Labute approximate surface area is 206 Å². The molecule has 0 bridgehead atoms. The summed E-state index contributed by atoms with van der Waals surface area (Å²) in [5.41, 5.74) is 8.17. The highest BCUT2D eigenvalue weighted by atomic mass is 35.5. The minimum atomic E-state index is -0.238. The highest BCUT2D eigenvalue weighted by Gasteiger charge is 2.24. The molecule has 2 aliphatic carbocycles. The second-order valence-electron chi connectivity index (χ2n) is 10.0. The van der Waals surface area contributed by atoms with Crippen LogP contribution in [0.2, 0.25) is 0 Å². The van der Waals surface area contributed by atoms with Crippen LogP contribution in [0.3, 0.4) is 0 Å². The zero-order valence-corrected chi connectivity index (χ0v) is 20.6. The normalized spacial score (nSPS) is 17.7. The first-order valence-electron chi connectivity index (χ1n) is 12.7. The topological polar surface area (TPSA) is 98.7 Å². The summed E-state index contributed by atoms with van der Waals surface area (Å²) in [4.78, 5) is 35.2. The van der Waals surface area contributed by atoms with Crippen molar-refractivity contribution in [2.45, 2.75) is 83.8 Å². The SMILES string of the molecule is Cl.NCc1ccc(-c2nc3c([nH]2)c(=O)n(CC2CCCCC2)c(=O)n3CC2CCCCC2)cc1. The quantitative estimate of drug-likeness (QED) is 0.533. The molecule has 184 valence electrons. The molecule has 7 nitrogen and oxygen atoms in total. The largest absolute Gasteiger partial charge is 0.332 e. The molecule has 0 spiro atoms. The van der Waals surface area contributed by atoms with Gasteiger partial charge in [0.1, 0.15) is 11.3 Å². The van der Waals surface area contributed by atoms with Crippen molar-refractivity contribution < 1.29 is 0 Å². The number of hydrogen-bond donors (Lipinski definition) is 2. The molecule has 0 atom stereocenters. The van der Waals surface area contributed by atoms with Crippen molar-refractivity contribution in [3.05, 3.63) is 50.7 Å². The van der Waals surface area contributed by atoms with Crippen LogP contribution in [0.25, 0.3) is 22.6 Å². The van der Waals surface area contributed by atoms with Crippen molar-refractivity contribution in [2.75, 3.05) is 0 Å². The molecular formula is C26H36ClN5O2. The summed E-state index contributed by atoms with van der Waals surface area (Å²) in [7, 11) is 0. The van der Waals surface area contributed by atoms with Crippen LogP contribution in [-0.2, 0) is 19.6 Å². The zero-order chi connectivity index (χ0) is 22.8. The van der Waals surface area contributed by atoms with E-state index >= 15 is 0 Å². The number of aromatic nitrogens is 4. The first kappa shape index (κ1) is 24.7. The Morgan fingerprint density at radius 3 is 1.97 bits per heavy atom. The van der Waals surface area contributed by atoms with Crippen molar-refractivity contribution in [3.63, 3.8) is 0 Å². The van der Waals surface area contributed by atoms with Crippen LogP contribution >= 0.6 is 12.4 Å². The Balaban J connectivity index is 0.00000274. The van der Waals surface area contributed by atoms with Crippen LogP contribution in [0.15, 0.2) is 33.9 Å². The smallest absolute Gasteiger partial charge is 0.332 e. The average molecular weight is 486 g/mol. The van der Waals surface area contributed by atoms with Crippen LogP contribution in [0.4, 0.5) is 0 Å². The maximum absolute atomic E-state index is 13.6. The maximum atomic E-state index is 13.6. The molecule has 2 fully saturated rings. The van der Waals surface area contributed by atoms with Gasteiger partial charge in [-0.25, -0.2) is 9.78 Å². The van der Waals surface area contributed by atoms with Gasteiger partial charge in [-0.2, -0.15) is 0 Å². The summed E-state index contributed by atoms with van der Waals surface area (Å²) in [6, 6.07) is 7.87. The molecule has 0 saturated heterocycles. The third kappa shape index (κ3) is 5.01. The molecule has 2 aliphatic rings. The third-order valence-corrected chi connectivity index (χ3v) is 7.66. The lowest BCUT2D eigenvalue weighted by molar-refractivity contribution is 0.296. The molecule has 2 heterocycles. The van der Waals surface area contributed by atoms with Gasteiger partial charge >= 0.3 is 5.69 Å². The van der Waals surface area contributed by atoms with Gasteiger partial charge in [-0.3, -0.25) is 13.9 Å². The summed E-state index contributed by atoms with van der Waals surface area (Å²) >= 11 is 0. The van der Waals surface area contributed by atoms with Crippen molar-refractivity contribution in [2.24, 2.45) is 17.6 Å². The predicted octanol–water partition coefficient (Wildman–Crippen LogP) is 4.59. The van der Waals surface area contributed by atoms with Gasteiger partial charge in [0, 0.05) is 25.2 Å². The number of halogens is 1. The van der Waals surface area contributed by atoms with Crippen molar-refractivity contribution in [1.29, 1.82) is 0 Å². The van der Waals surface area contributed by atoms with Gasteiger partial charge in [-0.15, -0.1) is 12.4 Å². The number of imidazole rings is 1. The number of nitrogens with one attached hydrogen (secondary N) is 1. The Kier molecular flexibility index (Phi) is 7.94. The van der Waals surface area contributed by atoms with Gasteiger partial charge in [0.15, 0.2) is 5.65 Å². The number of rotatable bonds is 6. The number of benzene rings is 1. The summed E-state index contributed by atoms with van der Waals surface area (Å²) < 4.78 is 3.27. The third-order valence-electron chi connectivity index (χ3n) is 7.66. The van der Waals surface area contributed by atoms with Crippen LogP contribution in [0, 0.1) is 11.8 Å². The molecule has 0 unspecified atom stereocenters. The molecule has 5 rings (SSSR count). The molecule has 1 aromatic carbocycles. The number of aromatic amines is 1. The Bertz CT molecular complexity index is 1210. The van der Waals surface area contributed by atoms with Crippen LogP contribution in [0.5, 0.6) is 0 Å². The fraction of sp³-hybridized carbons (Fsp3) is 0.577. The van der Waals surface area contributed by atoms with E-state index in [-0.39, 0.29) is 23.7 Å². The van der Waals surface area contributed by atoms with E-state index in [1.54, 1.807) is 4.57 Å². The molecule has 8 heteroatoms. The minimum absolute atomic E-state index is 0. The maximum Gasteiger partial charge on any atom is 0.332 e. The number of nitrogens with two attached hydrogens (primary N) is 1. The van der Waals surface area contributed by atoms with E-state index in [1.807, 2.05) is 24.3 Å². The number of fused-ring (bicyclic) bond motifs is 1. The van der Waals surface area contributed by atoms with E-state index in [0.29, 0.717) is 48.5 Å². The molecule has 34 heavy (non-hydrogen) atoms. The molecular weight excluding hydrogens is 450 g/mol. The van der Waals surface area contributed by atoms with Crippen molar-refractivity contribution in [1.82, 2.24) is 19.1 Å². The summed E-state index contributed by atoms with van der Waals surface area (Å²) in [5, 5.41) is 0. The fourth-order valence-corrected chi connectivity index (χ4v) is 5.68. The van der Waals surface area contributed by atoms with Crippen LogP contribution in [0.1, 0.15) is 69.8 Å². The standard InChI is InChI=1S/C26H35N5O2.ClH/c27-15-18-11-13-21(14-12-18)23-28-22-24(29-23)30(16-19-7-3-1-4-8-19)26(33)31(25(22)32)17-20-9-5-2-6-10-20;/h11-14,19-20H,1-10,15-17,27H2,(H,28,29);1H. The number of H-pyrrole nitrogens is 1. The molecule has 0 aliphatic heterocycles. The lowest BCUT2D eigenvalue weighted by Crippen LogP contribution is -2.42. The first-order chi connectivity index (χ1) is 16.1. The van der Waals surface area contributed by atoms with Crippen LogP contribution in [-0.4, -0.2) is 19.1 Å². The van der Waals surface area contributed by atoms with E-state index in [4.69, 9.17) is 10.7 Å². The summed E-state index contributed by atoms with van der Waals surface area (Å²) in [6.45, 7) is 1.63. The molecule has 0 amide bonds.